The van der Waals surface area contributed by atoms with E-state index in [2.05, 4.69) is 26.6 Å². The van der Waals surface area contributed by atoms with E-state index >= 15 is 0 Å². The third-order valence-corrected chi connectivity index (χ3v) is 3.92. The zero-order chi connectivity index (χ0) is 12.2. The molecule has 1 saturated carbocycles. The Morgan fingerprint density at radius 1 is 1.06 bits per heavy atom. The van der Waals surface area contributed by atoms with Crippen LogP contribution in [0.15, 0.2) is 11.5 Å². The Bertz CT molecular complexity index is 247. The van der Waals surface area contributed by atoms with Crippen LogP contribution in [0.1, 0.15) is 39.0 Å². The Hall–Kier alpha value is -0.443. The SMILES string of the molecule is CO/C(O[Si](C)(C)C)=C(\C)C1CCCCC1. The summed E-state index contributed by atoms with van der Waals surface area (Å²) in [6, 6.07) is 0. The van der Waals surface area contributed by atoms with Crippen LogP contribution in [0, 0.1) is 5.92 Å². The Morgan fingerprint density at radius 2 is 1.62 bits per heavy atom. The fourth-order valence-electron chi connectivity index (χ4n) is 2.26. The van der Waals surface area contributed by atoms with E-state index in [0.717, 1.165) is 5.95 Å². The highest BCUT2D eigenvalue weighted by molar-refractivity contribution is 6.70. The molecule has 3 heteroatoms. The highest BCUT2D eigenvalue weighted by atomic mass is 28.4. The highest BCUT2D eigenvalue weighted by Gasteiger charge is 2.24. The van der Waals surface area contributed by atoms with Crippen LogP contribution < -0.4 is 0 Å². The van der Waals surface area contributed by atoms with E-state index < -0.39 is 8.32 Å². The second-order valence-electron chi connectivity index (χ2n) is 5.72. The molecule has 0 unspecified atom stereocenters. The molecule has 1 fully saturated rings. The molecule has 94 valence electrons. The van der Waals surface area contributed by atoms with Gasteiger partial charge in [-0.1, -0.05) is 19.3 Å². The van der Waals surface area contributed by atoms with Gasteiger partial charge in [0.15, 0.2) is 0 Å². The number of rotatable bonds is 4. The predicted molar refractivity (Wildman–Crippen MR) is 70.7 cm³/mol. The molecule has 0 heterocycles. The fourth-order valence-corrected chi connectivity index (χ4v) is 3.06. The average Bonchev–Trinajstić information content (AvgIpc) is 2.25. The second kappa shape index (κ2) is 5.76. The van der Waals surface area contributed by atoms with Crippen LogP contribution in [0.2, 0.25) is 19.6 Å². The first kappa shape index (κ1) is 13.6. The zero-order valence-corrected chi connectivity index (χ0v) is 12.4. The lowest BCUT2D eigenvalue weighted by Crippen LogP contribution is -2.26. The van der Waals surface area contributed by atoms with Gasteiger partial charge in [-0.3, -0.25) is 0 Å². The number of allylic oxidation sites excluding steroid dienone is 1. The maximum atomic E-state index is 6.00. The van der Waals surface area contributed by atoms with Gasteiger partial charge in [0, 0.05) is 5.57 Å². The molecule has 0 aromatic heterocycles. The van der Waals surface area contributed by atoms with Crippen molar-refractivity contribution in [2.45, 2.75) is 58.7 Å². The molecule has 0 amide bonds. The van der Waals surface area contributed by atoms with Crippen molar-refractivity contribution in [3.05, 3.63) is 11.5 Å². The molecule has 0 saturated heterocycles. The number of hydrogen-bond donors (Lipinski definition) is 0. The van der Waals surface area contributed by atoms with Gasteiger partial charge in [-0.05, 0) is 45.3 Å². The molecule has 1 aliphatic carbocycles. The monoisotopic (exact) mass is 242 g/mol. The van der Waals surface area contributed by atoms with Crippen LogP contribution in [-0.2, 0) is 9.16 Å². The van der Waals surface area contributed by atoms with Gasteiger partial charge in [0.2, 0.25) is 8.32 Å². The first-order valence-corrected chi connectivity index (χ1v) is 9.78. The summed E-state index contributed by atoms with van der Waals surface area (Å²) < 4.78 is 11.4. The van der Waals surface area contributed by atoms with E-state index in [1.165, 1.54) is 37.7 Å². The number of methoxy groups -OCH3 is 1. The molecule has 1 aliphatic rings. The third-order valence-electron chi connectivity index (χ3n) is 3.12. The van der Waals surface area contributed by atoms with Gasteiger partial charge in [0.1, 0.15) is 0 Å². The molecule has 0 spiro atoms. The quantitative estimate of drug-likeness (QED) is 0.540. The number of ether oxygens (including phenoxy) is 1. The van der Waals surface area contributed by atoms with Crippen molar-refractivity contribution in [1.29, 1.82) is 0 Å². The standard InChI is InChI=1S/C13H26O2Si/c1-11(12-9-7-6-8-10-12)13(14-2)15-16(3,4)5/h12H,6-10H2,1-5H3/b13-11-. The summed E-state index contributed by atoms with van der Waals surface area (Å²) in [5, 5.41) is 0. The van der Waals surface area contributed by atoms with E-state index in [4.69, 9.17) is 9.16 Å². The summed E-state index contributed by atoms with van der Waals surface area (Å²) >= 11 is 0. The fraction of sp³-hybridized carbons (Fsp3) is 0.846. The van der Waals surface area contributed by atoms with Crippen molar-refractivity contribution >= 4 is 8.32 Å². The summed E-state index contributed by atoms with van der Waals surface area (Å²) in [7, 11) is 0.174. The molecule has 0 bridgehead atoms. The lowest BCUT2D eigenvalue weighted by Gasteiger charge is -2.27. The molecule has 0 atom stereocenters. The maximum absolute atomic E-state index is 6.00. The zero-order valence-electron chi connectivity index (χ0n) is 11.4. The smallest absolute Gasteiger partial charge is 0.264 e. The molecule has 0 radical (unpaired) electrons. The lowest BCUT2D eigenvalue weighted by atomic mass is 9.85. The molecule has 2 nitrogen and oxygen atoms in total. The van der Waals surface area contributed by atoms with Gasteiger partial charge in [0.25, 0.3) is 5.95 Å². The summed E-state index contributed by atoms with van der Waals surface area (Å²) in [4.78, 5) is 0. The van der Waals surface area contributed by atoms with E-state index in [9.17, 15) is 0 Å². The van der Waals surface area contributed by atoms with Crippen molar-refractivity contribution in [2.24, 2.45) is 5.92 Å². The normalized spacial score (nSPS) is 20.3. The molecule has 0 N–H and O–H groups in total. The predicted octanol–water partition coefficient (Wildman–Crippen LogP) is 4.30. The van der Waals surface area contributed by atoms with Crippen LogP contribution in [0.4, 0.5) is 0 Å². The third kappa shape index (κ3) is 4.20. The second-order valence-corrected chi connectivity index (χ2v) is 10.2. The first-order valence-electron chi connectivity index (χ1n) is 6.38. The Morgan fingerprint density at radius 3 is 2.06 bits per heavy atom. The van der Waals surface area contributed by atoms with E-state index in [1.54, 1.807) is 7.11 Å². The molecule has 0 aromatic carbocycles. The van der Waals surface area contributed by atoms with Crippen molar-refractivity contribution in [2.75, 3.05) is 7.11 Å². The average molecular weight is 242 g/mol. The van der Waals surface area contributed by atoms with Crippen molar-refractivity contribution in [3.8, 4) is 0 Å². The van der Waals surface area contributed by atoms with Crippen molar-refractivity contribution in [1.82, 2.24) is 0 Å². The van der Waals surface area contributed by atoms with Crippen LogP contribution in [0.5, 0.6) is 0 Å². The van der Waals surface area contributed by atoms with Crippen LogP contribution in [0.25, 0.3) is 0 Å². The molecular formula is C13H26O2Si. The molecule has 1 rings (SSSR count). The Balaban J connectivity index is 2.72. The lowest BCUT2D eigenvalue weighted by molar-refractivity contribution is 0.136. The van der Waals surface area contributed by atoms with Gasteiger partial charge in [0.05, 0.1) is 7.11 Å². The largest absolute Gasteiger partial charge is 0.520 e. The Kier molecular flexibility index (Phi) is 4.90. The van der Waals surface area contributed by atoms with E-state index in [0.29, 0.717) is 5.92 Å². The minimum Gasteiger partial charge on any atom is -0.520 e. The van der Waals surface area contributed by atoms with Gasteiger partial charge in [-0.2, -0.15) is 0 Å². The minimum absolute atomic E-state index is 0.681. The van der Waals surface area contributed by atoms with Crippen LogP contribution in [-0.4, -0.2) is 15.4 Å². The molecule has 0 aromatic rings. The van der Waals surface area contributed by atoms with Gasteiger partial charge < -0.3 is 9.16 Å². The van der Waals surface area contributed by atoms with Crippen LogP contribution >= 0.6 is 0 Å². The Labute approximate surface area is 101 Å². The van der Waals surface area contributed by atoms with Gasteiger partial charge in [-0.25, -0.2) is 0 Å². The van der Waals surface area contributed by atoms with Gasteiger partial charge in [-0.15, -0.1) is 0 Å². The van der Waals surface area contributed by atoms with E-state index in [-0.39, 0.29) is 0 Å². The molecule has 0 aliphatic heterocycles. The summed E-state index contributed by atoms with van der Waals surface area (Å²) in [6.45, 7) is 8.76. The summed E-state index contributed by atoms with van der Waals surface area (Å²) in [5.74, 6) is 1.48. The van der Waals surface area contributed by atoms with Crippen LogP contribution in [0.3, 0.4) is 0 Å². The highest BCUT2D eigenvalue weighted by Crippen LogP contribution is 2.32. The van der Waals surface area contributed by atoms with E-state index in [1.807, 2.05) is 0 Å². The summed E-state index contributed by atoms with van der Waals surface area (Å²) in [6.07, 6.45) is 6.69. The molecular weight excluding hydrogens is 216 g/mol. The number of hydrogen-bond acceptors (Lipinski definition) is 2. The minimum atomic E-state index is -1.55. The molecule has 16 heavy (non-hydrogen) atoms. The van der Waals surface area contributed by atoms with Crippen molar-refractivity contribution in [3.63, 3.8) is 0 Å². The topological polar surface area (TPSA) is 18.5 Å². The maximum Gasteiger partial charge on any atom is 0.264 e. The van der Waals surface area contributed by atoms with Gasteiger partial charge >= 0.3 is 0 Å². The summed E-state index contributed by atoms with van der Waals surface area (Å²) in [5.41, 5.74) is 1.32. The van der Waals surface area contributed by atoms with Crippen molar-refractivity contribution < 1.29 is 9.16 Å². The first-order chi connectivity index (χ1) is 7.44.